The van der Waals surface area contributed by atoms with Gasteiger partial charge in [-0.05, 0) is 24.3 Å². The van der Waals surface area contributed by atoms with Crippen LogP contribution >= 0.6 is 0 Å². The fraction of sp³-hybridized carbons (Fsp3) is 0.188. The van der Waals surface area contributed by atoms with E-state index in [0.717, 1.165) is 18.5 Å². The molecule has 0 aliphatic carbocycles. The fourth-order valence-corrected chi connectivity index (χ4v) is 1.81. The van der Waals surface area contributed by atoms with Crippen LogP contribution in [0.3, 0.4) is 0 Å². The number of ether oxygens (including phenoxy) is 1. The highest BCUT2D eigenvalue weighted by Gasteiger charge is 2.03. The molecule has 3 nitrogen and oxygen atoms in total. The number of aldehydes is 1. The Bertz CT molecular complexity index is 525. The van der Waals surface area contributed by atoms with Gasteiger partial charge in [-0.25, -0.2) is 0 Å². The maximum absolute atomic E-state index is 10.9. The summed E-state index contributed by atoms with van der Waals surface area (Å²) in [6.45, 7) is 1.30. The van der Waals surface area contributed by atoms with E-state index in [0.29, 0.717) is 17.9 Å². The first-order valence-electron chi connectivity index (χ1n) is 6.24. The van der Waals surface area contributed by atoms with Gasteiger partial charge in [-0.1, -0.05) is 30.3 Å². The summed E-state index contributed by atoms with van der Waals surface area (Å²) in [5, 5.41) is 0. The lowest BCUT2D eigenvalue weighted by molar-refractivity contribution is 0.111. The zero-order chi connectivity index (χ0) is 13.5. The van der Waals surface area contributed by atoms with Crippen molar-refractivity contribution >= 4 is 12.0 Å². The summed E-state index contributed by atoms with van der Waals surface area (Å²) < 4.78 is 5.65. The van der Waals surface area contributed by atoms with Gasteiger partial charge in [0.1, 0.15) is 12.4 Å². The summed E-state index contributed by atoms with van der Waals surface area (Å²) in [7, 11) is 2.02. The smallest absolute Gasteiger partial charge is 0.153 e. The molecular weight excluding hydrogens is 238 g/mol. The van der Waals surface area contributed by atoms with E-state index < -0.39 is 0 Å². The van der Waals surface area contributed by atoms with Gasteiger partial charge in [-0.15, -0.1) is 0 Å². The van der Waals surface area contributed by atoms with Crippen molar-refractivity contribution < 1.29 is 9.53 Å². The van der Waals surface area contributed by atoms with E-state index in [1.165, 1.54) is 0 Å². The first kappa shape index (κ1) is 13.1. The number of para-hydroxylation sites is 2. The summed E-state index contributed by atoms with van der Waals surface area (Å²) >= 11 is 0. The highest BCUT2D eigenvalue weighted by atomic mass is 16.5. The normalized spacial score (nSPS) is 9.95. The molecule has 0 atom stereocenters. The first-order chi connectivity index (χ1) is 9.31. The minimum atomic E-state index is 0.538. The molecule has 0 aliphatic rings. The topological polar surface area (TPSA) is 29.5 Å². The molecule has 0 saturated carbocycles. The van der Waals surface area contributed by atoms with Crippen molar-refractivity contribution in [2.45, 2.75) is 0 Å². The third-order valence-corrected chi connectivity index (χ3v) is 2.93. The Morgan fingerprint density at radius 1 is 1.05 bits per heavy atom. The minimum absolute atomic E-state index is 0.538. The van der Waals surface area contributed by atoms with Gasteiger partial charge in [-0.3, -0.25) is 4.79 Å². The molecule has 0 N–H and O–H groups in total. The van der Waals surface area contributed by atoms with Gasteiger partial charge < -0.3 is 9.64 Å². The Morgan fingerprint density at radius 3 is 2.47 bits per heavy atom. The van der Waals surface area contributed by atoms with Gasteiger partial charge in [-0.2, -0.15) is 0 Å². The molecule has 0 heterocycles. The van der Waals surface area contributed by atoms with E-state index in [2.05, 4.69) is 17.0 Å². The lowest BCUT2D eigenvalue weighted by Gasteiger charge is -2.19. The number of hydrogen-bond acceptors (Lipinski definition) is 3. The number of hydrogen-bond donors (Lipinski definition) is 0. The molecule has 2 rings (SSSR count). The van der Waals surface area contributed by atoms with E-state index in [-0.39, 0.29) is 0 Å². The second kappa shape index (κ2) is 6.59. The van der Waals surface area contributed by atoms with E-state index in [1.807, 2.05) is 43.4 Å². The van der Waals surface area contributed by atoms with E-state index in [4.69, 9.17) is 4.74 Å². The number of benzene rings is 2. The fourth-order valence-electron chi connectivity index (χ4n) is 1.81. The highest BCUT2D eigenvalue weighted by molar-refractivity contribution is 5.79. The number of carbonyl (C=O) groups excluding carboxylic acids is 1. The number of anilines is 1. The van der Waals surface area contributed by atoms with Crippen molar-refractivity contribution in [3.05, 3.63) is 60.2 Å². The summed E-state index contributed by atoms with van der Waals surface area (Å²) in [5.41, 5.74) is 1.74. The van der Waals surface area contributed by atoms with Crippen LogP contribution in [0, 0.1) is 0 Å². The van der Waals surface area contributed by atoms with E-state index in [1.54, 1.807) is 6.07 Å². The monoisotopic (exact) mass is 255 g/mol. The van der Waals surface area contributed by atoms with Crippen LogP contribution in [0.1, 0.15) is 10.4 Å². The van der Waals surface area contributed by atoms with Crippen molar-refractivity contribution in [1.82, 2.24) is 0 Å². The third kappa shape index (κ3) is 3.58. The lowest BCUT2D eigenvalue weighted by atomic mass is 10.2. The van der Waals surface area contributed by atoms with Crippen molar-refractivity contribution in [2.75, 3.05) is 25.1 Å². The van der Waals surface area contributed by atoms with Crippen molar-refractivity contribution in [1.29, 1.82) is 0 Å². The van der Waals surface area contributed by atoms with Crippen molar-refractivity contribution in [3.63, 3.8) is 0 Å². The summed E-state index contributed by atoms with van der Waals surface area (Å²) in [6, 6.07) is 17.4. The Hall–Kier alpha value is -2.29. The standard InChI is InChI=1S/C16H17NO2/c1-17(15-8-3-2-4-9-15)11-12-19-16-10-6-5-7-14(16)13-18/h2-10,13H,11-12H2,1H3. The Balaban J connectivity index is 1.88. The van der Waals surface area contributed by atoms with Gasteiger partial charge in [0.05, 0.1) is 12.1 Å². The Labute approximate surface area is 113 Å². The van der Waals surface area contributed by atoms with Crippen LogP contribution in [0.4, 0.5) is 5.69 Å². The van der Waals surface area contributed by atoms with E-state index >= 15 is 0 Å². The zero-order valence-corrected chi connectivity index (χ0v) is 11.0. The largest absolute Gasteiger partial charge is 0.491 e. The molecule has 0 radical (unpaired) electrons. The number of likely N-dealkylation sites (N-methyl/N-ethyl adjacent to an activating group) is 1. The van der Waals surface area contributed by atoms with Crippen molar-refractivity contribution in [3.8, 4) is 5.75 Å². The van der Waals surface area contributed by atoms with Crippen LogP contribution in [0.2, 0.25) is 0 Å². The van der Waals surface area contributed by atoms with Crippen LogP contribution in [-0.2, 0) is 0 Å². The van der Waals surface area contributed by atoms with Gasteiger partial charge in [0, 0.05) is 12.7 Å². The third-order valence-electron chi connectivity index (χ3n) is 2.93. The SMILES string of the molecule is CN(CCOc1ccccc1C=O)c1ccccc1. The first-order valence-corrected chi connectivity index (χ1v) is 6.24. The molecule has 0 bridgehead atoms. The van der Waals surface area contributed by atoms with Crippen molar-refractivity contribution in [2.24, 2.45) is 0 Å². The minimum Gasteiger partial charge on any atom is -0.491 e. The summed E-state index contributed by atoms with van der Waals surface area (Å²) in [4.78, 5) is 13.0. The summed E-state index contributed by atoms with van der Waals surface area (Å²) in [5.74, 6) is 0.638. The molecule has 19 heavy (non-hydrogen) atoms. The average molecular weight is 255 g/mol. The quantitative estimate of drug-likeness (QED) is 0.743. The van der Waals surface area contributed by atoms with E-state index in [9.17, 15) is 4.79 Å². The molecule has 0 aliphatic heterocycles. The molecular formula is C16H17NO2. The molecule has 3 heteroatoms. The molecule has 0 spiro atoms. The molecule has 98 valence electrons. The predicted molar refractivity (Wildman–Crippen MR) is 77.0 cm³/mol. The van der Waals surface area contributed by atoms with Crippen LogP contribution in [-0.4, -0.2) is 26.5 Å². The molecule has 2 aromatic carbocycles. The van der Waals surface area contributed by atoms with Crippen LogP contribution in [0.5, 0.6) is 5.75 Å². The number of rotatable bonds is 6. The molecule has 0 aromatic heterocycles. The van der Waals surface area contributed by atoms with Gasteiger partial charge in [0.2, 0.25) is 0 Å². The van der Waals surface area contributed by atoms with Gasteiger partial charge in [0.15, 0.2) is 6.29 Å². The summed E-state index contributed by atoms with van der Waals surface area (Å²) in [6.07, 6.45) is 0.816. The molecule has 0 fully saturated rings. The lowest BCUT2D eigenvalue weighted by Crippen LogP contribution is -2.23. The van der Waals surface area contributed by atoms with Crippen LogP contribution < -0.4 is 9.64 Å². The van der Waals surface area contributed by atoms with Crippen LogP contribution in [0.25, 0.3) is 0 Å². The maximum atomic E-state index is 10.9. The highest BCUT2D eigenvalue weighted by Crippen LogP contribution is 2.16. The Kier molecular flexibility index (Phi) is 4.56. The average Bonchev–Trinajstić information content (AvgIpc) is 2.48. The van der Waals surface area contributed by atoms with Gasteiger partial charge >= 0.3 is 0 Å². The molecule has 0 unspecified atom stereocenters. The Morgan fingerprint density at radius 2 is 1.74 bits per heavy atom. The second-order valence-corrected chi connectivity index (χ2v) is 4.26. The number of carbonyl (C=O) groups is 1. The number of nitrogens with zero attached hydrogens (tertiary/aromatic N) is 1. The molecule has 0 amide bonds. The maximum Gasteiger partial charge on any atom is 0.153 e. The van der Waals surface area contributed by atoms with Gasteiger partial charge in [0.25, 0.3) is 0 Å². The predicted octanol–water partition coefficient (Wildman–Crippen LogP) is 3.01. The molecule has 0 saturated heterocycles. The molecule has 2 aromatic rings. The van der Waals surface area contributed by atoms with Crippen LogP contribution in [0.15, 0.2) is 54.6 Å². The second-order valence-electron chi connectivity index (χ2n) is 4.26. The zero-order valence-electron chi connectivity index (χ0n) is 11.0.